The highest BCUT2D eigenvalue weighted by atomic mass is 32.2. The molecule has 1 amide bonds. The monoisotopic (exact) mass is 303 g/mol. The maximum Gasteiger partial charge on any atom is 0.273 e. The van der Waals surface area contributed by atoms with Crippen LogP contribution in [0.1, 0.15) is 10.4 Å². The minimum atomic E-state index is -4.21. The van der Waals surface area contributed by atoms with Crippen molar-refractivity contribution in [3.05, 3.63) is 34.6 Å². The Kier molecular flexibility index (Phi) is 3.84. The third-order valence-corrected chi connectivity index (χ3v) is 3.37. The number of hydrogen-bond acceptors (Lipinski definition) is 3. The largest absolute Gasteiger partial charge is 0.273 e. The van der Waals surface area contributed by atoms with Crippen LogP contribution >= 0.6 is 0 Å². The number of carbonyl (C=O) groups excluding carboxylic acids is 1. The highest BCUT2D eigenvalue weighted by molar-refractivity contribution is 7.88. The molecule has 0 spiro atoms. The molecule has 0 aliphatic carbocycles. The molecular weight excluding hydrogens is 297 g/mol. The van der Waals surface area contributed by atoms with Gasteiger partial charge in [-0.1, -0.05) is 0 Å². The topological polar surface area (TPSA) is 54.5 Å². The van der Waals surface area contributed by atoms with Gasteiger partial charge in [-0.25, -0.2) is 34.7 Å². The van der Waals surface area contributed by atoms with Gasteiger partial charge in [0.15, 0.2) is 23.3 Å². The fraction of sp³-hybridized carbons (Fsp3) is 0.222. The molecule has 0 aliphatic heterocycles. The SMILES string of the molecule is CN(C(=O)c1c(F)c(F)c(F)c(F)c1F)S(C)(=O)=O. The van der Waals surface area contributed by atoms with Crippen molar-refractivity contribution in [3.8, 4) is 0 Å². The highest BCUT2D eigenvalue weighted by Gasteiger charge is 2.33. The molecule has 19 heavy (non-hydrogen) atoms. The summed E-state index contributed by atoms with van der Waals surface area (Å²) in [5.41, 5.74) is -1.83. The lowest BCUT2D eigenvalue weighted by atomic mass is 10.1. The van der Waals surface area contributed by atoms with Gasteiger partial charge in [-0.2, -0.15) is 0 Å². The van der Waals surface area contributed by atoms with Gasteiger partial charge in [-0.15, -0.1) is 0 Å². The summed E-state index contributed by atoms with van der Waals surface area (Å²) in [6, 6.07) is 0. The molecule has 0 saturated heterocycles. The summed E-state index contributed by atoms with van der Waals surface area (Å²) in [5, 5.41) is 0. The van der Waals surface area contributed by atoms with Gasteiger partial charge in [0.25, 0.3) is 5.91 Å². The van der Waals surface area contributed by atoms with Crippen LogP contribution in [0, 0.1) is 29.1 Å². The van der Waals surface area contributed by atoms with Crippen molar-refractivity contribution in [2.45, 2.75) is 0 Å². The molecule has 0 saturated carbocycles. The Labute approximate surface area is 104 Å². The van der Waals surface area contributed by atoms with Crippen molar-refractivity contribution in [2.75, 3.05) is 13.3 Å². The average molecular weight is 303 g/mol. The van der Waals surface area contributed by atoms with Crippen LogP contribution in [0.25, 0.3) is 0 Å². The van der Waals surface area contributed by atoms with Crippen LogP contribution in [-0.4, -0.2) is 31.9 Å². The smallest absolute Gasteiger partial charge is 0.268 e. The van der Waals surface area contributed by atoms with Gasteiger partial charge in [0, 0.05) is 7.05 Å². The fourth-order valence-electron chi connectivity index (χ4n) is 1.10. The van der Waals surface area contributed by atoms with E-state index < -0.39 is 50.6 Å². The number of amides is 1. The van der Waals surface area contributed by atoms with E-state index in [2.05, 4.69) is 0 Å². The number of hydrogen-bond donors (Lipinski definition) is 0. The van der Waals surface area contributed by atoms with E-state index in [-0.39, 0.29) is 4.31 Å². The van der Waals surface area contributed by atoms with Crippen molar-refractivity contribution in [1.82, 2.24) is 4.31 Å². The maximum absolute atomic E-state index is 13.2. The van der Waals surface area contributed by atoms with Crippen molar-refractivity contribution in [2.24, 2.45) is 0 Å². The van der Waals surface area contributed by atoms with E-state index in [0.717, 1.165) is 0 Å². The quantitative estimate of drug-likeness (QED) is 0.471. The molecule has 4 nitrogen and oxygen atoms in total. The van der Waals surface area contributed by atoms with Gasteiger partial charge in [-0.3, -0.25) is 4.79 Å². The molecule has 10 heteroatoms. The van der Waals surface area contributed by atoms with Crippen LogP contribution in [0.5, 0.6) is 0 Å². The number of halogens is 5. The third kappa shape index (κ3) is 2.53. The van der Waals surface area contributed by atoms with Gasteiger partial charge in [0.05, 0.1) is 6.26 Å². The molecule has 0 heterocycles. The zero-order valence-corrected chi connectivity index (χ0v) is 10.3. The highest BCUT2D eigenvalue weighted by Crippen LogP contribution is 2.24. The van der Waals surface area contributed by atoms with Crippen LogP contribution in [0.3, 0.4) is 0 Å². The Hall–Kier alpha value is -1.71. The molecule has 106 valence electrons. The molecule has 0 fully saturated rings. The number of benzene rings is 1. The van der Waals surface area contributed by atoms with Crippen LogP contribution in [0.2, 0.25) is 0 Å². The minimum Gasteiger partial charge on any atom is -0.268 e. The average Bonchev–Trinajstić information content (AvgIpc) is 2.31. The first-order valence-corrected chi connectivity index (χ1v) is 6.34. The molecule has 0 atom stereocenters. The van der Waals surface area contributed by atoms with Gasteiger partial charge in [0.1, 0.15) is 5.56 Å². The molecule has 0 N–H and O–H groups in total. The van der Waals surface area contributed by atoms with Crippen LogP contribution in [-0.2, 0) is 10.0 Å². The fourth-order valence-corrected chi connectivity index (χ4v) is 1.49. The summed E-state index contributed by atoms with van der Waals surface area (Å²) < 4.78 is 86.8. The predicted molar refractivity (Wildman–Crippen MR) is 53.2 cm³/mol. The van der Waals surface area contributed by atoms with Gasteiger partial charge in [0.2, 0.25) is 15.8 Å². The number of carbonyl (C=O) groups is 1. The van der Waals surface area contributed by atoms with E-state index >= 15 is 0 Å². The normalized spacial score (nSPS) is 11.5. The van der Waals surface area contributed by atoms with Crippen LogP contribution in [0.4, 0.5) is 22.0 Å². The number of rotatable bonds is 2. The zero-order valence-electron chi connectivity index (χ0n) is 9.47. The molecule has 1 aromatic carbocycles. The molecule has 0 radical (unpaired) electrons. The second kappa shape index (κ2) is 4.76. The van der Waals surface area contributed by atoms with E-state index in [0.29, 0.717) is 13.3 Å². The number of nitrogens with zero attached hydrogens (tertiary/aromatic N) is 1. The maximum atomic E-state index is 13.2. The summed E-state index contributed by atoms with van der Waals surface area (Å²) >= 11 is 0. The molecule has 0 bridgehead atoms. The summed E-state index contributed by atoms with van der Waals surface area (Å²) in [4.78, 5) is 11.5. The zero-order chi connectivity index (χ0) is 15.1. The Balaban J connectivity index is 3.58. The predicted octanol–water partition coefficient (Wildman–Crippen LogP) is 1.41. The summed E-state index contributed by atoms with van der Waals surface area (Å²) in [6.45, 7) is 0. The Morgan fingerprint density at radius 1 is 0.895 bits per heavy atom. The standard InChI is InChI=1S/C9H6F5NO3S/c1-15(19(2,17)18)9(16)3-4(10)6(12)8(14)7(13)5(3)11/h1-2H3. The third-order valence-electron chi connectivity index (χ3n) is 2.21. The van der Waals surface area contributed by atoms with E-state index in [1.54, 1.807) is 0 Å². The first-order chi connectivity index (χ1) is 8.50. The summed E-state index contributed by atoms with van der Waals surface area (Å²) in [5.74, 6) is -13.7. The lowest BCUT2D eigenvalue weighted by molar-refractivity contribution is 0.0871. The van der Waals surface area contributed by atoms with E-state index in [9.17, 15) is 35.2 Å². The lowest BCUT2D eigenvalue weighted by Gasteiger charge is -2.15. The first-order valence-electron chi connectivity index (χ1n) is 4.49. The number of sulfonamides is 1. The van der Waals surface area contributed by atoms with Gasteiger partial charge >= 0.3 is 0 Å². The molecule has 0 unspecified atom stereocenters. The Morgan fingerprint density at radius 2 is 1.21 bits per heavy atom. The summed E-state index contributed by atoms with van der Waals surface area (Å²) in [6.07, 6.45) is 0.525. The van der Waals surface area contributed by atoms with Crippen molar-refractivity contribution < 1.29 is 35.2 Å². The van der Waals surface area contributed by atoms with Gasteiger partial charge in [-0.05, 0) is 0 Å². The minimum absolute atomic E-state index is 0.134. The molecule has 1 rings (SSSR count). The van der Waals surface area contributed by atoms with E-state index in [4.69, 9.17) is 0 Å². The molecule has 1 aromatic rings. The molecule has 0 aromatic heterocycles. The van der Waals surface area contributed by atoms with E-state index in [1.807, 2.05) is 0 Å². The van der Waals surface area contributed by atoms with E-state index in [1.165, 1.54) is 0 Å². The van der Waals surface area contributed by atoms with Crippen molar-refractivity contribution in [3.63, 3.8) is 0 Å². The molecular formula is C9H6F5NO3S. The van der Waals surface area contributed by atoms with Crippen molar-refractivity contribution >= 4 is 15.9 Å². The Morgan fingerprint density at radius 3 is 1.53 bits per heavy atom. The first kappa shape index (κ1) is 15.3. The lowest BCUT2D eigenvalue weighted by Crippen LogP contribution is -2.34. The Bertz CT molecular complexity index is 629. The molecule has 0 aliphatic rings. The van der Waals surface area contributed by atoms with Crippen LogP contribution in [0.15, 0.2) is 0 Å². The second-order valence-electron chi connectivity index (χ2n) is 3.48. The summed E-state index contributed by atoms with van der Waals surface area (Å²) in [7, 11) is -3.59. The second-order valence-corrected chi connectivity index (χ2v) is 5.49. The van der Waals surface area contributed by atoms with Crippen LogP contribution < -0.4 is 0 Å². The van der Waals surface area contributed by atoms with Crippen molar-refractivity contribution in [1.29, 1.82) is 0 Å². The van der Waals surface area contributed by atoms with Gasteiger partial charge < -0.3 is 0 Å².